The molecule has 0 spiro atoms. The predicted molar refractivity (Wildman–Crippen MR) is 36.8 cm³/mol. The predicted octanol–water partition coefficient (Wildman–Crippen LogP) is -0.709. The molecule has 0 radical (unpaired) electrons. The van der Waals surface area contributed by atoms with Gasteiger partial charge in [-0.15, -0.1) is 0 Å². The van der Waals surface area contributed by atoms with Crippen LogP contribution in [0.5, 0.6) is 0 Å². The Morgan fingerprint density at radius 3 is 2.36 bits per heavy atom. The maximum atomic E-state index is 11.0. The summed E-state index contributed by atoms with van der Waals surface area (Å²) in [5, 5.41) is 18.0. The van der Waals surface area contributed by atoms with Gasteiger partial charge < -0.3 is 14.9 Å². The molecule has 0 aromatic heterocycles. The summed E-state index contributed by atoms with van der Waals surface area (Å²) >= 11 is 0. The number of rotatable bonds is 1. The minimum absolute atomic E-state index is 0.323. The van der Waals surface area contributed by atoms with Crippen LogP contribution in [0, 0.1) is 5.41 Å². The Morgan fingerprint density at radius 2 is 2.18 bits per heavy atom. The van der Waals surface area contributed by atoms with E-state index >= 15 is 0 Å². The first-order chi connectivity index (χ1) is 5.00. The van der Waals surface area contributed by atoms with Gasteiger partial charge in [-0.2, -0.15) is 0 Å². The van der Waals surface area contributed by atoms with Crippen LogP contribution in [0.25, 0.3) is 0 Å². The number of aliphatic hydroxyl groups is 2. The first-order valence-electron chi connectivity index (χ1n) is 3.50. The van der Waals surface area contributed by atoms with Crippen molar-refractivity contribution in [1.82, 2.24) is 0 Å². The van der Waals surface area contributed by atoms with Gasteiger partial charge in [-0.25, -0.2) is 0 Å². The number of esters is 1. The van der Waals surface area contributed by atoms with Crippen LogP contribution in [0.3, 0.4) is 0 Å². The third kappa shape index (κ3) is 1.12. The van der Waals surface area contributed by atoms with E-state index in [0.29, 0.717) is 0 Å². The van der Waals surface area contributed by atoms with Crippen LogP contribution >= 0.6 is 0 Å². The maximum Gasteiger partial charge on any atom is 0.314 e. The van der Waals surface area contributed by atoms with Gasteiger partial charge in [0.1, 0.15) is 6.10 Å². The SMILES string of the molecule is CC1(C)C(=O)O[C@H](CO)[C@H]1O. The van der Waals surface area contributed by atoms with Gasteiger partial charge >= 0.3 is 5.97 Å². The van der Waals surface area contributed by atoms with E-state index in [2.05, 4.69) is 0 Å². The molecule has 11 heavy (non-hydrogen) atoms. The molecule has 0 aromatic carbocycles. The molecule has 0 aliphatic carbocycles. The van der Waals surface area contributed by atoms with Crippen molar-refractivity contribution in [3.63, 3.8) is 0 Å². The van der Waals surface area contributed by atoms with E-state index in [9.17, 15) is 9.90 Å². The monoisotopic (exact) mass is 160 g/mol. The zero-order chi connectivity index (χ0) is 8.65. The second-order valence-corrected chi connectivity index (χ2v) is 3.29. The van der Waals surface area contributed by atoms with Gasteiger partial charge in [0.15, 0.2) is 6.10 Å². The van der Waals surface area contributed by atoms with Crippen LogP contribution in [-0.4, -0.2) is 35.0 Å². The van der Waals surface area contributed by atoms with Gasteiger partial charge in [0.25, 0.3) is 0 Å². The van der Waals surface area contributed by atoms with Crippen LogP contribution in [-0.2, 0) is 9.53 Å². The number of hydrogen-bond donors (Lipinski definition) is 2. The largest absolute Gasteiger partial charge is 0.457 e. The first kappa shape index (κ1) is 8.49. The lowest BCUT2D eigenvalue weighted by Gasteiger charge is -2.17. The fourth-order valence-electron chi connectivity index (χ4n) is 1.08. The maximum absolute atomic E-state index is 11.0. The highest BCUT2D eigenvalue weighted by Crippen LogP contribution is 2.32. The van der Waals surface area contributed by atoms with Crippen molar-refractivity contribution in [3.8, 4) is 0 Å². The highest BCUT2D eigenvalue weighted by molar-refractivity contribution is 5.79. The molecule has 0 saturated carbocycles. The first-order valence-corrected chi connectivity index (χ1v) is 3.50. The Kier molecular flexibility index (Phi) is 1.90. The highest BCUT2D eigenvalue weighted by atomic mass is 16.6. The molecule has 1 heterocycles. The summed E-state index contributed by atoms with van der Waals surface area (Å²) in [5.41, 5.74) is -0.882. The molecular formula is C7H12O4. The summed E-state index contributed by atoms with van der Waals surface area (Å²) in [5.74, 6) is -0.455. The zero-order valence-corrected chi connectivity index (χ0v) is 6.57. The van der Waals surface area contributed by atoms with E-state index in [1.165, 1.54) is 0 Å². The normalized spacial score (nSPS) is 35.5. The number of cyclic esters (lactones) is 1. The molecule has 4 heteroatoms. The second kappa shape index (κ2) is 2.46. The average Bonchev–Trinajstić information content (AvgIpc) is 2.14. The lowest BCUT2D eigenvalue weighted by Crippen LogP contribution is -2.35. The van der Waals surface area contributed by atoms with Crippen LogP contribution < -0.4 is 0 Å². The molecule has 0 bridgehead atoms. The number of aliphatic hydroxyl groups excluding tert-OH is 2. The summed E-state index contributed by atoms with van der Waals surface area (Å²) < 4.78 is 4.70. The van der Waals surface area contributed by atoms with Crippen LogP contribution in [0.4, 0.5) is 0 Å². The summed E-state index contributed by atoms with van der Waals surface area (Å²) in [7, 11) is 0. The minimum atomic E-state index is -0.903. The molecule has 1 saturated heterocycles. The van der Waals surface area contributed by atoms with Gasteiger partial charge in [-0.05, 0) is 13.8 Å². The summed E-state index contributed by atoms with van der Waals surface area (Å²) in [4.78, 5) is 11.0. The molecule has 0 amide bonds. The summed E-state index contributed by atoms with van der Waals surface area (Å²) in [6.45, 7) is 2.86. The van der Waals surface area contributed by atoms with Gasteiger partial charge in [0.2, 0.25) is 0 Å². The molecular weight excluding hydrogens is 148 g/mol. The van der Waals surface area contributed by atoms with E-state index in [1.54, 1.807) is 13.8 Å². The molecule has 4 nitrogen and oxygen atoms in total. The Morgan fingerprint density at radius 1 is 1.64 bits per heavy atom. The Bertz CT molecular complexity index is 175. The summed E-state index contributed by atoms with van der Waals surface area (Å²) in [6.07, 6.45) is -1.66. The summed E-state index contributed by atoms with van der Waals surface area (Å²) in [6, 6.07) is 0. The standard InChI is InChI=1S/C7H12O4/c1-7(2)5(9)4(3-8)11-6(7)10/h4-5,8-9H,3H2,1-2H3/t4-,5-/m1/s1. The zero-order valence-electron chi connectivity index (χ0n) is 6.57. The van der Waals surface area contributed by atoms with Crippen molar-refractivity contribution in [3.05, 3.63) is 0 Å². The van der Waals surface area contributed by atoms with Gasteiger partial charge in [0.05, 0.1) is 12.0 Å². The number of carbonyl (C=O) groups excluding carboxylic acids is 1. The highest BCUT2D eigenvalue weighted by Gasteiger charge is 2.49. The quantitative estimate of drug-likeness (QED) is 0.497. The molecule has 1 aliphatic heterocycles. The van der Waals surface area contributed by atoms with Crippen LogP contribution in [0.2, 0.25) is 0 Å². The van der Waals surface area contributed by atoms with Gasteiger partial charge in [-0.1, -0.05) is 0 Å². The van der Waals surface area contributed by atoms with Gasteiger partial charge in [0, 0.05) is 0 Å². The fraction of sp³-hybridized carbons (Fsp3) is 0.857. The third-order valence-corrected chi connectivity index (χ3v) is 2.06. The van der Waals surface area contributed by atoms with Crippen molar-refractivity contribution >= 4 is 5.97 Å². The van der Waals surface area contributed by atoms with Crippen molar-refractivity contribution in [2.45, 2.75) is 26.1 Å². The molecule has 2 atom stereocenters. The van der Waals surface area contributed by atoms with Crippen LogP contribution in [0.15, 0.2) is 0 Å². The smallest absolute Gasteiger partial charge is 0.314 e. The van der Waals surface area contributed by atoms with Gasteiger partial charge in [-0.3, -0.25) is 4.79 Å². The lowest BCUT2D eigenvalue weighted by atomic mass is 9.87. The number of ether oxygens (including phenoxy) is 1. The Labute approximate surface area is 64.8 Å². The number of hydrogen-bond acceptors (Lipinski definition) is 4. The molecule has 1 fully saturated rings. The Hall–Kier alpha value is -0.610. The van der Waals surface area contributed by atoms with E-state index in [1.807, 2.05) is 0 Å². The van der Waals surface area contributed by atoms with Crippen LogP contribution in [0.1, 0.15) is 13.8 Å². The minimum Gasteiger partial charge on any atom is -0.457 e. The van der Waals surface area contributed by atoms with E-state index in [4.69, 9.17) is 9.84 Å². The third-order valence-electron chi connectivity index (χ3n) is 2.06. The lowest BCUT2D eigenvalue weighted by molar-refractivity contribution is -0.148. The molecule has 1 aliphatic rings. The van der Waals surface area contributed by atoms with Crippen molar-refractivity contribution in [1.29, 1.82) is 0 Å². The topological polar surface area (TPSA) is 66.8 Å². The number of carbonyl (C=O) groups is 1. The molecule has 2 N–H and O–H groups in total. The van der Waals surface area contributed by atoms with Crippen molar-refractivity contribution in [2.24, 2.45) is 5.41 Å². The second-order valence-electron chi connectivity index (χ2n) is 3.29. The molecule has 0 unspecified atom stereocenters. The van der Waals surface area contributed by atoms with Crippen molar-refractivity contribution < 1.29 is 19.7 Å². The average molecular weight is 160 g/mol. The van der Waals surface area contributed by atoms with E-state index in [0.717, 1.165) is 0 Å². The van der Waals surface area contributed by atoms with E-state index < -0.39 is 23.6 Å². The fourth-order valence-corrected chi connectivity index (χ4v) is 1.08. The molecule has 0 aromatic rings. The van der Waals surface area contributed by atoms with E-state index in [-0.39, 0.29) is 6.61 Å². The Balaban J connectivity index is 2.80. The molecule has 64 valence electrons. The molecule has 1 rings (SSSR count). The van der Waals surface area contributed by atoms with Crippen molar-refractivity contribution in [2.75, 3.05) is 6.61 Å².